The monoisotopic (exact) mass is 592 g/mol. The number of benzene rings is 4. The highest BCUT2D eigenvalue weighted by Crippen LogP contribution is 2.32. The average molecular weight is 593 g/mol. The molecule has 0 radical (unpaired) electrons. The van der Waals surface area contributed by atoms with Crippen LogP contribution in [0.5, 0.6) is 0 Å². The highest BCUT2D eigenvalue weighted by molar-refractivity contribution is 5.79. The maximum absolute atomic E-state index is 4.53. The number of hydrogen-bond acceptors (Lipinski definition) is 2. The third-order valence-electron chi connectivity index (χ3n) is 8.71. The Labute approximate surface area is 268 Å². The van der Waals surface area contributed by atoms with Gasteiger partial charge in [-0.05, 0) is 107 Å². The fourth-order valence-corrected chi connectivity index (χ4v) is 6.26. The van der Waals surface area contributed by atoms with Crippen molar-refractivity contribution in [2.75, 3.05) is 0 Å². The molecule has 0 aliphatic carbocycles. The first-order chi connectivity index (χ1) is 22.6. The van der Waals surface area contributed by atoms with Gasteiger partial charge in [-0.15, -0.1) is 0 Å². The van der Waals surface area contributed by atoms with E-state index in [1.807, 2.05) is 24.3 Å². The van der Waals surface area contributed by atoms with Crippen molar-refractivity contribution in [3.63, 3.8) is 0 Å². The molecule has 0 saturated carbocycles. The number of aryl methyl sites for hydroxylation is 2. The van der Waals surface area contributed by atoms with Crippen LogP contribution in [-0.4, -0.2) is 8.80 Å². The summed E-state index contributed by atoms with van der Waals surface area (Å²) in [7, 11) is 0. The Balaban J connectivity index is 0.995. The molecular formula is C42H32N4. The molecule has 8 aromatic rings. The molecule has 0 atom stereocenters. The van der Waals surface area contributed by atoms with Crippen LogP contribution in [0.1, 0.15) is 11.1 Å². The highest BCUT2D eigenvalue weighted by Gasteiger charge is 2.10. The zero-order chi connectivity index (χ0) is 31.0. The summed E-state index contributed by atoms with van der Waals surface area (Å²) in [5.74, 6) is 0. The summed E-state index contributed by atoms with van der Waals surface area (Å²) in [6.45, 7) is 4.32. The smallest absolute Gasteiger partial charge is 0.0857 e. The van der Waals surface area contributed by atoms with Gasteiger partial charge in [-0.2, -0.15) is 10.2 Å². The number of nitrogens with zero attached hydrogens (tertiary/aromatic N) is 4. The highest BCUT2D eigenvalue weighted by atomic mass is 15.1. The topological polar surface area (TPSA) is 33.5 Å². The fraction of sp³-hybridized carbons (Fsp3) is 0.0476. The van der Waals surface area contributed by atoms with Crippen LogP contribution in [0.15, 0.2) is 168 Å². The van der Waals surface area contributed by atoms with E-state index in [4.69, 9.17) is 0 Å². The molecule has 0 fully saturated rings. The first kappa shape index (κ1) is 27.5. The van der Waals surface area contributed by atoms with E-state index in [0.29, 0.717) is 0 Å². The molecule has 4 nitrogen and oxygen atoms in total. The van der Waals surface area contributed by atoms with Crippen molar-refractivity contribution in [2.45, 2.75) is 13.8 Å². The van der Waals surface area contributed by atoms with Crippen LogP contribution in [-0.2, 0) is 0 Å². The SMILES string of the molecule is Cc1cn2cc(-c3ccccc3)cc2cc1-c1ccc(N=Nc2ccc(-c3cc4cc(-c5ccccc5)cn4cc3C)cc2)cc1. The Kier molecular flexibility index (Phi) is 6.88. The van der Waals surface area contributed by atoms with Crippen LogP contribution < -0.4 is 0 Å². The molecule has 0 saturated heterocycles. The van der Waals surface area contributed by atoms with Crippen LogP contribution in [0.25, 0.3) is 55.5 Å². The lowest BCUT2D eigenvalue weighted by Crippen LogP contribution is -1.89. The van der Waals surface area contributed by atoms with Gasteiger partial charge in [-0.1, -0.05) is 84.9 Å². The standard InChI is InChI=1S/C42H32N4/c1-29-25-45-27-35(31-9-5-3-6-10-31)21-39(45)23-41(29)33-13-17-37(18-14-33)43-44-38-19-15-34(16-20-38)42-24-40-22-36(28-46(40)26-30(42)2)32-11-7-4-8-12-32/h3-28H,1-2H3. The lowest BCUT2D eigenvalue weighted by molar-refractivity contribution is 1.17. The molecular weight excluding hydrogens is 560 g/mol. The summed E-state index contributed by atoms with van der Waals surface area (Å²) >= 11 is 0. The second-order valence-corrected chi connectivity index (χ2v) is 11.9. The van der Waals surface area contributed by atoms with Gasteiger partial charge >= 0.3 is 0 Å². The second-order valence-electron chi connectivity index (χ2n) is 11.9. The Bertz CT molecular complexity index is 2170. The third kappa shape index (κ3) is 5.31. The van der Waals surface area contributed by atoms with Crippen LogP contribution in [0.4, 0.5) is 11.4 Å². The van der Waals surface area contributed by atoms with Gasteiger partial charge < -0.3 is 8.80 Å². The molecule has 0 N–H and O–H groups in total. The minimum absolute atomic E-state index is 0.823. The minimum atomic E-state index is 0.823. The number of aromatic nitrogens is 2. The van der Waals surface area contributed by atoms with Gasteiger partial charge in [0.2, 0.25) is 0 Å². The molecule has 4 heteroatoms. The van der Waals surface area contributed by atoms with Gasteiger partial charge in [0.1, 0.15) is 0 Å². The van der Waals surface area contributed by atoms with Crippen LogP contribution >= 0.6 is 0 Å². The van der Waals surface area contributed by atoms with E-state index in [2.05, 4.69) is 167 Å². The predicted molar refractivity (Wildman–Crippen MR) is 190 cm³/mol. The number of azo groups is 1. The lowest BCUT2D eigenvalue weighted by atomic mass is 10.0. The van der Waals surface area contributed by atoms with Crippen LogP contribution in [0.2, 0.25) is 0 Å². The molecule has 4 aromatic carbocycles. The first-order valence-electron chi connectivity index (χ1n) is 15.6. The van der Waals surface area contributed by atoms with Crippen molar-refractivity contribution >= 4 is 22.4 Å². The molecule has 0 bridgehead atoms. The maximum Gasteiger partial charge on any atom is 0.0857 e. The van der Waals surface area contributed by atoms with E-state index >= 15 is 0 Å². The van der Waals surface area contributed by atoms with Gasteiger partial charge in [0.05, 0.1) is 11.4 Å². The van der Waals surface area contributed by atoms with E-state index < -0.39 is 0 Å². The van der Waals surface area contributed by atoms with E-state index in [1.54, 1.807) is 0 Å². The largest absolute Gasteiger partial charge is 0.323 e. The van der Waals surface area contributed by atoms with Gasteiger partial charge in [0, 0.05) is 46.9 Å². The average Bonchev–Trinajstić information content (AvgIpc) is 3.71. The van der Waals surface area contributed by atoms with Crippen molar-refractivity contribution in [1.29, 1.82) is 0 Å². The molecule has 0 amide bonds. The fourth-order valence-electron chi connectivity index (χ4n) is 6.26. The van der Waals surface area contributed by atoms with E-state index in [0.717, 1.165) is 22.5 Å². The number of hydrogen-bond donors (Lipinski definition) is 0. The molecule has 0 aliphatic heterocycles. The van der Waals surface area contributed by atoms with Gasteiger partial charge in [-0.3, -0.25) is 0 Å². The third-order valence-corrected chi connectivity index (χ3v) is 8.71. The maximum atomic E-state index is 4.53. The van der Waals surface area contributed by atoms with Crippen molar-refractivity contribution in [3.8, 4) is 44.5 Å². The van der Waals surface area contributed by atoms with Crippen LogP contribution in [0.3, 0.4) is 0 Å². The lowest BCUT2D eigenvalue weighted by Gasteiger charge is -2.08. The zero-order valence-electron chi connectivity index (χ0n) is 25.8. The summed E-state index contributed by atoms with van der Waals surface area (Å²) in [6.07, 6.45) is 8.80. The summed E-state index contributed by atoms with van der Waals surface area (Å²) in [5, 5.41) is 9.06. The molecule has 0 unspecified atom stereocenters. The Morgan fingerprint density at radius 3 is 1.15 bits per heavy atom. The van der Waals surface area contributed by atoms with Gasteiger partial charge in [0.15, 0.2) is 0 Å². The normalized spacial score (nSPS) is 11.6. The Morgan fingerprint density at radius 1 is 0.370 bits per heavy atom. The Hall–Kier alpha value is -6.00. The number of rotatable bonds is 6. The number of fused-ring (bicyclic) bond motifs is 2. The van der Waals surface area contributed by atoms with Crippen molar-refractivity contribution in [3.05, 3.63) is 169 Å². The van der Waals surface area contributed by atoms with E-state index in [-0.39, 0.29) is 0 Å². The summed E-state index contributed by atoms with van der Waals surface area (Å²) in [5.41, 5.74) is 16.1. The Morgan fingerprint density at radius 2 is 0.761 bits per heavy atom. The second kappa shape index (κ2) is 11.5. The van der Waals surface area contributed by atoms with Crippen molar-refractivity contribution in [2.24, 2.45) is 10.2 Å². The number of pyridine rings is 2. The van der Waals surface area contributed by atoms with Crippen molar-refractivity contribution in [1.82, 2.24) is 8.80 Å². The predicted octanol–water partition coefficient (Wildman–Crippen LogP) is 11.9. The molecule has 0 spiro atoms. The first-order valence-corrected chi connectivity index (χ1v) is 15.6. The molecule has 4 aromatic heterocycles. The molecule has 46 heavy (non-hydrogen) atoms. The van der Waals surface area contributed by atoms with Crippen LogP contribution in [0, 0.1) is 13.8 Å². The molecule has 4 heterocycles. The van der Waals surface area contributed by atoms with Gasteiger partial charge in [0.25, 0.3) is 0 Å². The molecule has 220 valence electrons. The zero-order valence-corrected chi connectivity index (χ0v) is 25.8. The molecule has 0 aliphatic rings. The quantitative estimate of drug-likeness (QED) is 0.172. The minimum Gasteiger partial charge on any atom is -0.323 e. The summed E-state index contributed by atoms with van der Waals surface area (Å²) in [4.78, 5) is 0. The van der Waals surface area contributed by atoms with E-state index in [9.17, 15) is 0 Å². The van der Waals surface area contributed by atoms with E-state index in [1.165, 1.54) is 55.5 Å². The summed E-state index contributed by atoms with van der Waals surface area (Å²) < 4.78 is 4.41. The van der Waals surface area contributed by atoms with Crippen molar-refractivity contribution < 1.29 is 0 Å². The van der Waals surface area contributed by atoms with Gasteiger partial charge in [-0.25, -0.2) is 0 Å². The molecule has 8 rings (SSSR count). The summed E-state index contributed by atoms with van der Waals surface area (Å²) in [6, 6.07) is 46.7.